The minimum Gasteiger partial charge on any atom is -0.326 e. The van der Waals surface area contributed by atoms with Gasteiger partial charge in [-0.05, 0) is 34.0 Å². The van der Waals surface area contributed by atoms with Crippen LogP contribution in [0.2, 0.25) is 0 Å². The largest absolute Gasteiger partial charge is 0.326 e. The second kappa shape index (κ2) is 4.01. The molecule has 1 aromatic rings. The van der Waals surface area contributed by atoms with E-state index in [1.54, 1.807) is 12.1 Å². The molecule has 0 heterocycles. The van der Waals surface area contributed by atoms with Crippen molar-refractivity contribution in [1.82, 2.24) is 0 Å². The average Bonchev–Trinajstić information content (AvgIpc) is 2.09. The molecule has 0 aliphatic carbocycles. The predicted molar refractivity (Wildman–Crippen MR) is 51.4 cm³/mol. The maximum Gasteiger partial charge on any atom is 0.141 e. The molecule has 0 fully saturated rings. The molecule has 12 heavy (non-hydrogen) atoms. The number of nitrogens with two attached hydrogens (primary N) is 1. The van der Waals surface area contributed by atoms with Crippen molar-refractivity contribution in [2.75, 3.05) is 0 Å². The Hall–Kier alpha value is -0.410. The zero-order valence-corrected chi connectivity index (χ0v) is 8.49. The summed E-state index contributed by atoms with van der Waals surface area (Å²) >= 11 is 3.15. The lowest BCUT2D eigenvalue weighted by Crippen LogP contribution is -2.01. The van der Waals surface area contributed by atoms with Gasteiger partial charge in [-0.3, -0.25) is 0 Å². The van der Waals surface area contributed by atoms with E-state index in [-0.39, 0.29) is 12.4 Å². The molecule has 0 aliphatic heterocycles. The van der Waals surface area contributed by atoms with E-state index < -0.39 is 0 Å². The zero-order valence-electron chi connectivity index (χ0n) is 6.90. The molecule has 0 bridgehead atoms. The molecule has 0 saturated carbocycles. The van der Waals surface area contributed by atoms with Crippen LogP contribution in [-0.4, -0.2) is 0 Å². The summed E-state index contributed by atoms with van der Waals surface area (Å²) in [5.41, 5.74) is 7.05. The summed E-state index contributed by atoms with van der Waals surface area (Å²) in [6.45, 7) is 2.28. The Balaban J connectivity index is 3.19. The van der Waals surface area contributed by atoms with Crippen molar-refractivity contribution < 1.29 is 4.39 Å². The Morgan fingerprint density at radius 3 is 2.67 bits per heavy atom. The SMILES string of the molecule is CCc1cc(Br)c(F)c(CN)c1. The van der Waals surface area contributed by atoms with Crippen molar-refractivity contribution in [3.05, 3.63) is 33.5 Å². The molecule has 1 aromatic carbocycles. The summed E-state index contributed by atoms with van der Waals surface area (Å²) in [7, 11) is 0. The van der Waals surface area contributed by atoms with E-state index >= 15 is 0 Å². The second-order valence-electron chi connectivity index (χ2n) is 2.61. The molecule has 0 aromatic heterocycles. The van der Waals surface area contributed by atoms with Gasteiger partial charge in [0.05, 0.1) is 4.47 Å². The first-order valence-electron chi connectivity index (χ1n) is 3.86. The number of benzene rings is 1. The van der Waals surface area contributed by atoms with E-state index in [9.17, 15) is 4.39 Å². The maximum atomic E-state index is 13.2. The molecule has 0 saturated heterocycles. The van der Waals surface area contributed by atoms with Crippen molar-refractivity contribution in [3.8, 4) is 0 Å². The minimum absolute atomic E-state index is 0.241. The van der Waals surface area contributed by atoms with Crippen LogP contribution in [-0.2, 0) is 13.0 Å². The van der Waals surface area contributed by atoms with Crippen molar-refractivity contribution >= 4 is 15.9 Å². The van der Waals surface area contributed by atoms with Crippen molar-refractivity contribution in [1.29, 1.82) is 0 Å². The Kier molecular flexibility index (Phi) is 3.23. The molecule has 2 N–H and O–H groups in total. The van der Waals surface area contributed by atoms with Crippen LogP contribution >= 0.6 is 15.9 Å². The highest BCUT2D eigenvalue weighted by Crippen LogP contribution is 2.21. The quantitative estimate of drug-likeness (QED) is 0.833. The van der Waals surface area contributed by atoms with Gasteiger partial charge in [-0.1, -0.05) is 13.0 Å². The Morgan fingerprint density at radius 2 is 2.17 bits per heavy atom. The highest BCUT2D eigenvalue weighted by molar-refractivity contribution is 9.10. The van der Waals surface area contributed by atoms with E-state index in [4.69, 9.17) is 5.73 Å². The fourth-order valence-electron chi connectivity index (χ4n) is 1.06. The summed E-state index contributed by atoms with van der Waals surface area (Å²) in [6.07, 6.45) is 0.895. The number of rotatable bonds is 2. The van der Waals surface area contributed by atoms with Crippen LogP contribution in [0.4, 0.5) is 4.39 Å². The molecule has 1 nitrogen and oxygen atoms in total. The Morgan fingerprint density at radius 1 is 1.50 bits per heavy atom. The molecule has 0 aliphatic rings. The fraction of sp³-hybridized carbons (Fsp3) is 0.333. The highest BCUT2D eigenvalue weighted by Gasteiger charge is 2.06. The van der Waals surface area contributed by atoms with Crippen molar-refractivity contribution in [2.45, 2.75) is 19.9 Å². The first-order valence-corrected chi connectivity index (χ1v) is 4.65. The standard InChI is InChI=1S/C9H11BrFN/c1-2-6-3-7(5-12)9(11)8(10)4-6/h3-4H,2,5,12H2,1H3. The number of aryl methyl sites for hydroxylation is 1. The lowest BCUT2D eigenvalue weighted by molar-refractivity contribution is 0.603. The maximum absolute atomic E-state index is 13.2. The van der Waals surface area contributed by atoms with Gasteiger partial charge in [0.1, 0.15) is 5.82 Å². The van der Waals surface area contributed by atoms with Gasteiger partial charge in [-0.2, -0.15) is 0 Å². The number of halogens is 2. The van der Waals surface area contributed by atoms with Gasteiger partial charge in [0, 0.05) is 12.1 Å². The molecular weight excluding hydrogens is 221 g/mol. The molecule has 1 rings (SSSR count). The molecule has 0 radical (unpaired) electrons. The van der Waals surface area contributed by atoms with E-state index in [1.807, 2.05) is 6.92 Å². The predicted octanol–water partition coefficient (Wildman–Crippen LogP) is 2.61. The first-order chi connectivity index (χ1) is 5.69. The van der Waals surface area contributed by atoms with Crippen LogP contribution in [0.15, 0.2) is 16.6 Å². The van der Waals surface area contributed by atoms with Crippen LogP contribution in [0, 0.1) is 5.82 Å². The summed E-state index contributed by atoms with van der Waals surface area (Å²) in [5, 5.41) is 0. The topological polar surface area (TPSA) is 26.0 Å². The fourth-order valence-corrected chi connectivity index (χ4v) is 1.61. The molecule has 0 amide bonds. The average molecular weight is 232 g/mol. The van der Waals surface area contributed by atoms with Crippen LogP contribution < -0.4 is 5.73 Å². The zero-order chi connectivity index (χ0) is 9.14. The normalized spacial score (nSPS) is 10.3. The third-order valence-electron chi connectivity index (χ3n) is 1.79. The first kappa shape index (κ1) is 9.68. The Bertz CT molecular complexity index is 286. The Labute approximate surface area is 79.9 Å². The van der Waals surface area contributed by atoms with Gasteiger partial charge in [0.15, 0.2) is 0 Å². The lowest BCUT2D eigenvalue weighted by Gasteiger charge is -2.04. The van der Waals surface area contributed by atoms with Crippen molar-refractivity contribution in [2.24, 2.45) is 5.73 Å². The van der Waals surface area contributed by atoms with E-state index in [0.29, 0.717) is 10.0 Å². The monoisotopic (exact) mass is 231 g/mol. The molecule has 0 atom stereocenters. The molecule has 0 spiro atoms. The van der Waals surface area contributed by atoms with Crippen LogP contribution in [0.1, 0.15) is 18.1 Å². The van der Waals surface area contributed by atoms with Crippen LogP contribution in [0.25, 0.3) is 0 Å². The van der Waals surface area contributed by atoms with Crippen LogP contribution in [0.3, 0.4) is 0 Å². The molecular formula is C9H11BrFN. The minimum atomic E-state index is -0.241. The highest BCUT2D eigenvalue weighted by atomic mass is 79.9. The van der Waals surface area contributed by atoms with Crippen LogP contribution in [0.5, 0.6) is 0 Å². The van der Waals surface area contributed by atoms with Gasteiger partial charge in [-0.25, -0.2) is 4.39 Å². The van der Waals surface area contributed by atoms with E-state index in [2.05, 4.69) is 15.9 Å². The van der Waals surface area contributed by atoms with Gasteiger partial charge < -0.3 is 5.73 Å². The second-order valence-corrected chi connectivity index (χ2v) is 3.46. The number of hydrogen-bond acceptors (Lipinski definition) is 1. The summed E-state index contributed by atoms with van der Waals surface area (Å²) in [4.78, 5) is 0. The summed E-state index contributed by atoms with van der Waals surface area (Å²) in [5.74, 6) is -0.241. The molecule has 66 valence electrons. The van der Waals surface area contributed by atoms with Gasteiger partial charge in [0.2, 0.25) is 0 Å². The third kappa shape index (κ3) is 1.84. The van der Waals surface area contributed by atoms with Crippen molar-refractivity contribution in [3.63, 3.8) is 0 Å². The van der Waals surface area contributed by atoms with E-state index in [0.717, 1.165) is 12.0 Å². The smallest absolute Gasteiger partial charge is 0.141 e. The lowest BCUT2D eigenvalue weighted by atomic mass is 10.1. The van der Waals surface area contributed by atoms with Gasteiger partial charge in [-0.15, -0.1) is 0 Å². The van der Waals surface area contributed by atoms with E-state index in [1.165, 1.54) is 0 Å². The summed E-state index contributed by atoms with van der Waals surface area (Å²) in [6, 6.07) is 3.59. The third-order valence-corrected chi connectivity index (χ3v) is 2.37. The molecule has 0 unspecified atom stereocenters. The number of hydrogen-bond donors (Lipinski definition) is 1. The molecule has 3 heteroatoms. The van der Waals surface area contributed by atoms with Gasteiger partial charge >= 0.3 is 0 Å². The summed E-state index contributed by atoms with van der Waals surface area (Å²) < 4.78 is 13.7. The van der Waals surface area contributed by atoms with Gasteiger partial charge in [0.25, 0.3) is 0 Å².